The van der Waals surface area contributed by atoms with E-state index >= 15 is 0 Å². The highest BCUT2D eigenvalue weighted by Gasteiger charge is 2.24. The third kappa shape index (κ3) is 3.49. The number of hydrogen-bond donors (Lipinski definition) is 2. The van der Waals surface area contributed by atoms with Gasteiger partial charge in [-0.15, -0.1) is 0 Å². The third-order valence-electron chi connectivity index (χ3n) is 3.20. The number of rotatable bonds is 6. The Labute approximate surface area is 120 Å². The van der Waals surface area contributed by atoms with Crippen LogP contribution in [0, 0.1) is 0 Å². The van der Waals surface area contributed by atoms with Gasteiger partial charge in [0.15, 0.2) is 0 Å². The molecule has 0 spiro atoms. The summed E-state index contributed by atoms with van der Waals surface area (Å²) in [5, 5.41) is 0. The lowest BCUT2D eigenvalue weighted by Crippen LogP contribution is -2.31. The summed E-state index contributed by atoms with van der Waals surface area (Å²) in [6.45, 7) is 1.47. The molecule has 0 bridgehead atoms. The van der Waals surface area contributed by atoms with Crippen molar-refractivity contribution in [2.75, 3.05) is 33.7 Å². The molecule has 0 radical (unpaired) electrons. The largest absolute Gasteiger partial charge is 0.488 e. The normalized spacial score (nSPS) is 18.1. The summed E-state index contributed by atoms with van der Waals surface area (Å²) < 4.78 is 32.5. The molecule has 2 rings (SSSR count). The lowest BCUT2D eigenvalue weighted by molar-refractivity contribution is 0.241. The van der Waals surface area contributed by atoms with E-state index in [0.29, 0.717) is 26.1 Å². The second kappa shape index (κ2) is 6.09. The Hall–Kier alpha value is -1.15. The molecule has 0 fully saturated rings. The molecule has 20 heavy (non-hydrogen) atoms. The van der Waals surface area contributed by atoms with E-state index in [9.17, 15) is 8.42 Å². The van der Waals surface area contributed by atoms with Gasteiger partial charge in [-0.1, -0.05) is 0 Å². The Morgan fingerprint density at radius 3 is 2.85 bits per heavy atom. The number of benzene rings is 1. The van der Waals surface area contributed by atoms with Crippen LogP contribution in [0.15, 0.2) is 23.1 Å². The minimum atomic E-state index is -3.47. The Kier molecular flexibility index (Phi) is 4.64. The first-order chi connectivity index (χ1) is 9.42. The van der Waals surface area contributed by atoms with Gasteiger partial charge < -0.3 is 15.4 Å². The number of nitrogens with zero attached hydrogens (tertiary/aromatic N) is 1. The lowest BCUT2D eigenvalue weighted by Gasteiger charge is -2.11. The highest BCUT2D eigenvalue weighted by molar-refractivity contribution is 7.89. The van der Waals surface area contributed by atoms with E-state index in [1.165, 1.54) is 0 Å². The predicted molar refractivity (Wildman–Crippen MR) is 77.4 cm³/mol. The van der Waals surface area contributed by atoms with Gasteiger partial charge in [0.05, 0.1) is 4.90 Å². The molecule has 1 unspecified atom stereocenters. The van der Waals surface area contributed by atoms with Gasteiger partial charge in [0.25, 0.3) is 0 Å². The zero-order valence-corrected chi connectivity index (χ0v) is 12.6. The van der Waals surface area contributed by atoms with Gasteiger partial charge in [-0.25, -0.2) is 13.1 Å². The summed E-state index contributed by atoms with van der Waals surface area (Å²) in [4.78, 5) is 2.20. The van der Waals surface area contributed by atoms with Crippen LogP contribution in [0.1, 0.15) is 5.56 Å². The Bertz CT molecular complexity index is 572. The first kappa shape index (κ1) is 15.2. The molecule has 6 nitrogen and oxygen atoms in total. The summed E-state index contributed by atoms with van der Waals surface area (Å²) in [6.07, 6.45) is 0.608. The number of fused-ring (bicyclic) bond motifs is 1. The van der Waals surface area contributed by atoms with E-state index in [0.717, 1.165) is 11.3 Å². The van der Waals surface area contributed by atoms with E-state index in [4.69, 9.17) is 10.5 Å². The number of nitrogens with one attached hydrogen (secondary N) is 1. The standard InChI is InChI=1S/C13H21N3O3S/c1-16(2)6-5-15-20(17,18)12-3-4-13-10(8-12)7-11(9-14)19-13/h3-4,8,11,15H,5-7,9,14H2,1-2H3. The van der Waals surface area contributed by atoms with E-state index in [2.05, 4.69) is 4.72 Å². The first-order valence-electron chi connectivity index (χ1n) is 6.56. The molecule has 0 aromatic heterocycles. The SMILES string of the molecule is CN(C)CCNS(=O)(=O)c1ccc2c(c1)CC(CN)O2. The number of sulfonamides is 1. The molecule has 0 saturated heterocycles. The van der Waals surface area contributed by atoms with E-state index in [1.807, 2.05) is 19.0 Å². The zero-order chi connectivity index (χ0) is 14.8. The Balaban J connectivity index is 2.10. The molecule has 1 aliphatic rings. The minimum Gasteiger partial charge on any atom is -0.488 e. The molecule has 1 aromatic carbocycles. The van der Waals surface area contributed by atoms with Gasteiger partial charge in [-0.2, -0.15) is 0 Å². The van der Waals surface area contributed by atoms with Crippen molar-refractivity contribution >= 4 is 10.0 Å². The quantitative estimate of drug-likeness (QED) is 0.759. The Morgan fingerprint density at radius 2 is 2.20 bits per heavy atom. The fourth-order valence-corrected chi connectivity index (χ4v) is 3.15. The number of hydrogen-bond acceptors (Lipinski definition) is 5. The van der Waals surface area contributed by atoms with Crippen LogP contribution in [-0.2, 0) is 16.4 Å². The maximum atomic E-state index is 12.2. The van der Waals surface area contributed by atoms with Crippen LogP contribution in [0.4, 0.5) is 0 Å². The van der Waals surface area contributed by atoms with Crippen LogP contribution in [0.2, 0.25) is 0 Å². The summed E-state index contributed by atoms with van der Waals surface area (Å²) in [6, 6.07) is 4.93. The maximum Gasteiger partial charge on any atom is 0.240 e. The smallest absolute Gasteiger partial charge is 0.240 e. The zero-order valence-electron chi connectivity index (χ0n) is 11.8. The molecule has 1 atom stereocenters. The molecular formula is C13H21N3O3S. The molecular weight excluding hydrogens is 278 g/mol. The summed E-state index contributed by atoms with van der Waals surface area (Å²) in [7, 11) is 0.328. The van der Waals surface area contributed by atoms with Gasteiger partial charge in [-0.05, 0) is 37.9 Å². The van der Waals surface area contributed by atoms with Crippen molar-refractivity contribution < 1.29 is 13.2 Å². The van der Waals surface area contributed by atoms with Crippen LogP contribution in [0.5, 0.6) is 5.75 Å². The van der Waals surface area contributed by atoms with Gasteiger partial charge >= 0.3 is 0 Å². The monoisotopic (exact) mass is 299 g/mol. The van der Waals surface area contributed by atoms with Crippen molar-refractivity contribution in [1.29, 1.82) is 0 Å². The number of nitrogens with two attached hydrogens (primary N) is 1. The molecule has 0 aliphatic carbocycles. The third-order valence-corrected chi connectivity index (χ3v) is 4.66. The fourth-order valence-electron chi connectivity index (χ4n) is 2.08. The average Bonchev–Trinajstić information content (AvgIpc) is 2.79. The number of ether oxygens (including phenoxy) is 1. The van der Waals surface area contributed by atoms with Crippen molar-refractivity contribution in [1.82, 2.24) is 9.62 Å². The maximum absolute atomic E-state index is 12.2. The van der Waals surface area contributed by atoms with Crippen LogP contribution in [0.3, 0.4) is 0 Å². The summed E-state index contributed by atoms with van der Waals surface area (Å²) in [5.74, 6) is 0.729. The molecule has 7 heteroatoms. The molecule has 3 N–H and O–H groups in total. The van der Waals surface area contributed by atoms with Gasteiger partial charge in [-0.3, -0.25) is 0 Å². The summed E-state index contributed by atoms with van der Waals surface area (Å²) in [5.41, 5.74) is 6.47. The minimum absolute atomic E-state index is 0.0512. The molecule has 1 heterocycles. The van der Waals surface area contributed by atoms with E-state index in [-0.39, 0.29) is 11.0 Å². The highest BCUT2D eigenvalue weighted by atomic mass is 32.2. The second-order valence-corrected chi connectivity index (χ2v) is 6.92. The van der Waals surface area contributed by atoms with Crippen molar-refractivity contribution in [3.63, 3.8) is 0 Å². The van der Waals surface area contributed by atoms with Crippen LogP contribution >= 0.6 is 0 Å². The predicted octanol–water partition coefficient (Wildman–Crippen LogP) is -0.211. The molecule has 0 amide bonds. The van der Waals surface area contributed by atoms with Crippen molar-refractivity contribution in [3.05, 3.63) is 23.8 Å². The molecule has 1 aliphatic heterocycles. The van der Waals surface area contributed by atoms with Crippen molar-refractivity contribution in [2.45, 2.75) is 17.4 Å². The molecule has 0 saturated carbocycles. The van der Waals surface area contributed by atoms with Gasteiger partial charge in [0.1, 0.15) is 11.9 Å². The van der Waals surface area contributed by atoms with Gasteiger partial charge in [0.2, 0.25) is 10.0 Å². The highest BCUT2D eigenvalue weighted by Crippen LogP contribution is 2.30. The van der Waals surface area contributed by atoms with Crippen LogP contribution in [-0.4, -0.2) is 53.2 Å². The topological polar surface area (TPSA) is 84.7 Å². The van der Waals surface area contributed by atoms with Crippen LogP contribution in [0.25, 0.3) is 0 Å². The molecule has 112 valence electrons. The second-order valence-electron chi connectivity index (χ2n) is 5.15. The van der Waals surface area contributed by atoms with Crippen molar-refractivity contribution in [3.8, 4) is 5.75 Å². The average molecular weight is 299 g/mol. The summed E-state index contributed by atoms with van der Waals surface area (Å²) >= 11 is 0. The van der Waals surface area contributed by atoms with E-state index in [1.54, 1.807) is 18.2 Å². The van der Waals surface area contributed by atoms with Crippen LogP contribution < -0.4 is 15.2 Å². The fraction of sp³-hybridized carbons (Fsp3) is 0.538. The Morgan fingerprint density at radius 1 is 1.45 bits per heavy atom. The van der Waals surface area contributed by atoms with Crippen molar-refractivity contribution in [2.24, 2.45) is 5.73 Å². The van der Waals surface area contributed by atoms with Gasteiger partial charge in [0, 0.05) is 26.1 Å². The lowest BCUT2D eigenvalue weighted by atomic mass is 10.1. The molecule has 1 aromatic rings. The first-order valence-corrected chi connectivity index (χ1v) is 8.05. The van der Waals surface area contributed by atoms with E-state index < -0.39 is 10.0 Å². The number of likely N-dealkylation sites (N-methyl/N-ethyl adjacent to an activating group) is 1.